The van der Waals surface area contributed by atoms with E-state index in [1.807, 2.05) is 30.3 Å². The Morgan fingerprint density at radius 2 is 1.77 bits per heavy atom. The van der Waals surface area contributed by atoms with E-state index in [9.17, 15) is 4.79 Å². The molecule has 1 saturated heterocycles. The van der Waals surface area contributed by atoms with Gasteiger partial charge >= 0.3 is 6.09 Å². The van der Waals surface area contributed by atoms with Crippen molar-refractivity contribution in [1.29, 1.82) is 0 Å². The average Bonchev–Trinajstić information content (AvgIpc) is 3.33. The third-order valence-corrected chi connectivity index (χ3v) is 5.23. The quantitative estimate of drug-likeness (QED) is 0.592. The first-order valence-electron chi connectivity index (χ1n) is 9.94. The third kappa shape index (κ3) is 4.25. The molecule has 0 radical (unpaired) electrons. The van der Waals surface area contributed by atoms with Gasteiger partial charge in [0.15, 0.2) is 6.29 Å². The molecule has 6 heteroatoms. The number of nitrogens with zero attached hydrogens (tertiary/aromatic N) is 1. The number of fused-ring (bicyclic) bond motifs is 1. The first kappa shape index (κ1) is 20.2. The van der Waals surface area contributed by atoms with Crippen molar-refractivity contribution in [3.63, 3.8) is 0 Å². The average molecular weight is 407 g/mol. The van der Waals surface area contributed by atoms with E-state index in [1.54, 1.807) is 12.0 Å². The smallest absolute Gasteiger partial charge is 0.414 e. The minimum Gasteiger partial charge on any atom is -0.497 e. The van der Waals surface area contributed by atoms with Gasteiger partial charge in [0.1, 0.15) is 5.75 Å². The lowest BCUT2D eigenvalue weighted by Gasteiger charge is -2.26. The van der Waals surface area contributed by atoms with Crippen LogP contribution in [0.15, 0.2) is 60.7 Å². The number of amides is 1. The van der Waals surface area contributed by atoms with Crippen LogP contribution in [0.25, 0.3) is 10.8 Å². The second-order valence-electron chi connectivity index (χ2n) is 7.05. The summed E-state index contributed by atoms with van der Waals surface area (Å²) in [5.74, 6) is 0.673. The Labute approximate surface area is 175 Å². The van der Waals surface area contributed by atoms with Gasteiger partial charge in [-0.2, -0.15) is 0 Å². The van der Waals surface area contributed by atoms with Crippen LogP contribution in [0, 0.1) is 0 Å². The van der Waals surface area contributed by atoms with Crippen molar-refractivity contribution >= 4 is 22.6 Å². The molecule has 4 rings (SSSR count). The van der Waals surface area contributed by atoms with Crippen LogP contribution in [-0.2, 0) is 20.6 Å². The summed E-state index contributed by atoms with van der Waals surface area (Å²) in [6.07, 6.45) is -0.291. The minimum atomic E-state index is -0.539. The molecule has 1 aliphatic rings. The predicted octanol–water partition coefficient (Wildman–Crippen LogP) is 4.71. The molecule has 0 spiro atoms. The third-order valence-electron chi connectivity index (χ3n) is 5.23. The van der Waals surface area contributed by atoms with Gasteiger partial charge in [-0.15, -0.1) is 0 Å². The Kier molecular flexibility index (Phi) is 6.16. The van der Waals surface area contributed by atoms with Crippen LogP contribution in [0.3, 0.4) is 0 Å². The number of carbonyl (C=O) groups excluding carboxylic acids is 1. The number of rotatable bonds is 6. The van der Waals surface area contributed by atoms with Gasteiger partial charge in [0.25, 0.3) is 0 Å². The molecule has 1 aliphatic heterocycles. The fourth-order valence-electron chi connectivity index (χ4n) is 3.69. The molecule has 1 amide bonds. The molecule has 0 saturated carbocycles. The molecule has 0 unspecified atom stereocenters. The topological polar surface area (TPSA) is 57.2 Å². The molecule has 3 aromatic rings. The second kappa shape index (κ2) is 9.15. The Morgan fingerprint density at radius 1 is 1.00 bits per heavy atom. The zero-order valence-electron chi connectivity index (χ0n) is 17.2. The van der Waals surface area contributed by atoms with Gasteiger partial charge in [-0.05, 0) is 41.0 Å². The molecule has 1 fully saturated rings. The number of benzene rings is 3. The summed E-state index contributed by atoms with van der Waals surface area (Å²) in [6, 6.07) is 20.1. The molecule has 30 heavy (non-hydrogen) atoms. The van der Waals surface area contributed by atoms with E-state index in [4.69, 9.17) is 18.9 Å². The van der Waals surface area contributed by atoms with E-state index in [1.165, 1.54) is 17.9 Å². The van der Waals surface area contributed by atoms with Crippen LogP contribution in [0.5, 0.6) is 5.75 Å². The van der Waals surface area contributed by atoms with Gasteiger partial charge in [-0.1, -0.05) is 42.5 Å². The summed E-state index contributed by atoms with van der Waals surface area (Å²) in [6.45, 7) is 1.48. The summed E-state index contributed by atoms with van der Waals surface area (Å²) in [7, 11) is 2.99. The van der Waals surface area contributed by atoms with Crippen molar-refractivity contribution in [2.24, 2.45) is 0 Å². The Hall–Kier alpha value is -3.09. The van der Waals surface area contributed by atoms with Crippen LogP contribution in [0.2, 0.25) is 0 Å². The number of hydrogen-bond donors (Lipinski definition) is 0. The lowest BCUT2D eigenvalue weighted by atomic mass is 10.0. The molecule has 156 valence electrons. The number of hydrogen-bond acceptors (Lipinski definition) is 5. The number of carbonyl (C=O) groups is 1. The molecule has 6 nitrogen and oxygen atoms in total. The Balaban J connectivity index is 1.63. The summed E-state index contributed by atoms with van der Waals surface area (Å²) < 4.78 is 21.8. The maximum absolute atomic E-state index is 12.7. The van der Waals surface area contributed by atoms with Crippen molar-refractivity contribution in [1.82, 2.24) is 0 Å². The Morgan fingerprint density at radius 3 is 2.50 bits per heavy atom. The van der Waals surface area contributed by atoms with E-state index in [2.05, 4.69) is 30.3 Å². The largest absolute Gasteiger partial charge is 0.497 e. The van der Waals surface area contributed by atoms with Gasteiger partial charge in [-0.3, -0.25) is 4.90 Å². The molecule has 0 N–H and O–H groups in total. The van der Waals surface area contributed by atoms with E-state index in [0.29, 0.717) is 37.6 Å². The zero-order valence-corrected chi connectivity index (χ0v) is 17.2. The van der Waals surface area contributed by atoms with Gasteiger partial charge in [-0.25, -0.2) is 4.79 Å². The molecule has 0 aliphatic carbocycles. The Bertz CT molecular complexity index is 1030. The molecule has 0 atom stereocenters. The van der Waals surface area contributed by atoms with Gasteiger partial charge in [0.05, 0.1) is 33.1 Å². The maximum Gasteiger partial charge on any atom is 0.414 e. The summed E-state index contributed by atoms with van der Waals surface area (Å²) in [4.78, 5) is 14.3. The highest BCUT2D eigenvalue weighted by Crippen LogP contribution is 2.35. The van der Waals surface area contributed by atoms with E-state index in [0.717, 1.165) is 11.1 Å². The zero-order chi connectivity index (χ0) is 20.9. The van der Waals surface area contributed by atoms with Crippen LogP contribution in [0.1, 0.15) is 17.4 Å². The molecule has 1 heterocycles. The molecular weight excluding hydrogens is 382 g/mol. The summed E-state index contributed by atoms with van der Waals surface area (Å²) in [5, 5.41) is 2.37. The van der Waals surface area contributed by atoms with Crippen molar-refractivity contribution in [3.8, 4) is 5.75 Å². The highest BCUT2D eigenvalue weighted by Gasteiger charge is 2.27. The van der Waals surface area contributed by atoms with Crippen molar-refractivity contribution in [2.45, 2.75) is 12.7 Å². The monoisotopic (exact) mass is 407 g/mol. The van der Waals surface area contributed by atoms with Crippen molar-refractivity contribution in [3.05, 3.63) is 71.8 Å². The first-order valence-corrected chi connectivity index (χ1v) is 9.94. The number of methoxy groups -OCH3 is 2. The van der Waals surface area contributed by atoms with Crippen LogP contribution < -0.4 is 9.64 Å². The fourth-order valence-corrected chi connectivity index (χ4v) is 3.69. The van der Waals surface area contributed by atoms with E-state index < -0.39 is 12.4 Å². The fraction of sp³-hybridized carbons (Fsp3) is 0.292. The normalized spacial score (nSPS) is 14.1. The molecule has 0 aromatic heterocycles. The first-order chi connectivity index (χ1) is 14.7. The predicted molar refractivity (Wildman–Crippen MR) is 115 cm³/mol. The molecular formula is C24H25NO5. The lowest BCUT2D eigenvalue weighted by molar-refractivity contribution is -0.0438. The number of anilines is 1. The summed E-state index contributed by atoms with van der Waals surface area (Å²) in [5.41, 5.74) is 2.58. The standard InChI is InChI=1S/C24H25NO5/c1-27-20-9-10-22(21(16-20)23-29-13-14-30-23)25(24(26)28-2)12-11-17-7-8-18-5-3-4-6-19(18)15-17/h3-10,15-16,23H,11-14H2,1-2H3. The van der Waals surface area contributed by atoms with Crippen molar-refractivity contribution in [2.75, 3.05) is 38.9 Å². The van der Waals surface area contributed by atoms with E-state index in [-0.39, 0.29) is 0 Å². The highest BCUT2D eigenvalue weighted by molar-refractivity contribution is 5.89. The second-order valence-corrected chi connectivity index (χ2v) is 7.05. The number of ether oxygens (including phenoxy) is 4. The van der Waals surface area contributed by atoms with Crippen LogP contribution in [-0.4, -0.2) is 40.1 Å². The van der Waals surface area contributed by atoms with Gasteiger partial charge in [0, 0.05) is 12.1 Å². The SMILES string of the molecule is COC(=O)N(CCc1ccc2ccccc2c1)c1ccc(OC)cc1C1OCCO1. The lowest BCUT2D eigenvalue weighted by Crippen LogP contribution is -2.34. The van der Waals surface area contributed by atoms with Gasteiger partial charge < -0.3 is 18.9 Å². The summed E-state index contributed by atoms with van der Waals surface area (Å²) >= 11 is 0. The van der Waals surface area contributed by atoms with Crippen LogP contribution >= 0.6 is 0 Å². The molecule has 0 bridgehead atoms. The van der Waals surface area contributed by atoms with Crippen LogP contribution in [0.4, 0.5) is 10.5 Å². The maximum atomic E-state index is 12.7. The highest BCUT2D eigenvalue weighted by atomic mass is 16.7. The van der Waals surface area contributed by atoms with Gasteiger partial charge in [0.2, 0.25) is 0 Å². The van der Waals surface area contributed by atoms with E-state index >= 15 is 0 Å². The molecule has 3 aromatic carbocycles. The van der Waals surface area contributed by atoms with Crippen molar-refractivity contribution < 1.29 is 23.7 Å². The minimum absolute atomic E-state index is 0.430.